The number of benzene rings is 2. The number of carboxylic acids is 1. The van der Waals surface area contributed by atoms with Gasteiger partial charge in [0.05, 0.1) is 16.7 Å². The standard InChI is InChI=1S/C20H20N2O4S/c1-12(18(21)23)27-17-9-5-4-8-15(17)19(24)22-10-13-6-2-3-7-14(13)16(11-22)20(25)26/h2-9,12,16H,10-11H2,1H3,(H2,21,23)(H,25,26). The highest BCUT2D eigenvalue weighted by molar-refractivity contribution is 8.00. The molecule has 7 heteroatoms. The second kappa shape index (κ2) is 7.84. The van der Waals surface area contributed by atoms with Crippen LogP contribution in [0.5, 0.6) is 0 Å². The lowest BCUT2D eigenvalue weighted by Crippen LogP contribution is -2.40. The maximum atomic E-state index is 13.2. The molecule has 0 saturated heterocycles. The third-order valence-electron chi connectivity index (χ3n) is 4.60. The lowest BCUT2D eigenvalue weighted by molar-refractivity contribution is -0.139. The summed E-state index contributed by atoms with van der Waals surface area (Å²) in [6.07, 6.45) is 0. The van der Waals surface area contributed by atoms with E-state index in [9.17, 15) is 19.5 Å². The van der Waals surface area contributed by atoms with Crippen molar-refractivity contribution in [2.75, 3.05) is 6.54 Å². The molecule has 0 radical (unpaired) electrons. The van der Waals surface area contributed by atoms with Crippen LogP contribution in [0.2, 0.25) is 0 Å². The van der Waals surface area contributed by atoms with Gasteiger partial charge in [0.25, 0.3) is 5.91 Å². The van der Waals surface area contributed by atoms with Crippen LogP contribution >= 0.6 is 11.8 Å². The summed E-state index contributed by atoms with van der Waals surface area (Å²) >= 11 is 1.22. The summed E-state index contributed by atoms with van der Waals surface area (Å²) in [5, 5.41) is 9.12. The minimum atomic E-state index is -0.954. The number of hydrogen-bond donors (Lipinski definition) is 2. The number of primary amides is 1. The minimum Gasteiger partial charge on any atom is -0.481 e. The van der Waals surface area contributed by atoms with E-state index in [-0.39, 0.29) is 12.5 Å². The Hall–Kier alpha value is -2.80. The molecule has 1 heterocycles. The zero-order valence-corrected chi connectivity index (χ0v) is 15.6. The van der Waals surface area contributed by atoms with Crippen molar-refractivity contribution in [3.8, 4) is 0 Å². The zero-order valence-electron chi connectivity index (χ0n) is 14.8. The van der Waals surface area contributed by atoms with Crippen molar-refractivity contribution in [3.63, 3.8) is 0 Å². The maximum absolute atomic E-state index is 13.2. The van der Waals surface area contributed by atoms with Gasteiger partial charge in [0, 0.05) is 18.0 Å². The van der Waals surface area contributed by atoms with E-state index >= 15 is 0 Å². The SMILES string of the molecule is CC(Sc1ccccc1C(=O)N1Cc2ccccc2C(C(=O)O)C1)C(N)=O. The van der Waals surface area contributed by atoms with E-state index in [0.717, 1.165) is 11.1 Å². The Morgan fingerprint density at radius 2 is 1.81 bits per heavy atom. The van der Waals surface area contributed by atoms with Crippen molar-refractivity contribution in [2.45, 2.75) is 29.5 Å². The number of nitrogens with zero attached hydrogens (tertiary/aromatic N) is 1. The molecule has 0 aromatic heterocycles. The minimum absolute atomic E-state index is 0.107. The molecule has 0 fully saturated rings. The van der Waals surface area contributed by atoms with Gasteiger partial charge in [-0.25, -0.2) is 0 Å². The van der Waals surface area contributed by atoms with Crippen molar-refractivity contribution in [3.05, 3.63) is 65.2 Å². The normalized spacial score (nSPS) is 17.1. The maximum Gasteiger partial charge on any atom is 0.312 e. The number of carboxylic acid groups (broad SMARTS) is 1. The molecule has 2 unspecified atom stereocenters. The van der Waals surface area contributed by atoms with Crippen LogP contribution in [0.15, 0.2) is 53.4 Å². The van der Waals surface area contributed by atoms with Crippen LogP contribution in [-0.2, 0) is 16.1 Å². The Bertz CT molecular complexity index is 899. The van der Waals surface area contributed by atoms with Crippen LogP contribution in [0, 0.1) is 0 Å². The van der Waals surface area contributed by atoms with E-state index in [1.165, 1.54) is 11.8 Å². The van der Waals surface area contributed by atoms with Gasteiger partial charge < -0.3 is 15.7 Å². The highest BCUT2D eigenvalue weighted by atomic mass is 32.2. The number of carbonyl (C=O) groups excluding carboxylic acids is 2. The van der Waals surface area contributed by atoms with Crippen LogP contribution in [0.4, 0.5) is 0 Å². The molecule has 2 aromatic carbocycles. The van der Waals surface area contributed by atoms with Gasteiger partial charge >= 0.3 is 5.97 Å². The van der Waals surface area contributed by atoms with Gasteiger partial charge in [-0.3, -0.25) is 14.4 Å². The molecule has 1 aliphatic heterocycles. The van der Waals surface area contributed by atoms with Crippen LogP contribution < -0.4 is 5.73 Å². The van der Waals surface area contributed by atoms with E-state index < -0.39 is 23.0 Å². The summed E-state index contributed by atoms with van der Waals surface area (Å²) in [7, 11) is 0. The molecule has 0 aliphatic carbocycles. The Labute approximate surface area is 161 Å². The average Bonchev–Trinajstić information content (AvgIpc) is 2.66. The van der Waals surface area contributed by atoms with E-state index in [4.69, 9.17) is 5.73 Å². The lowest BCUT2D eigenvalue weighted by Gasteiger charge is -2.33. The van der Waals surface area contributed by atoms with Gasteiger partial charge in [0.15, 0.2) is 0 Å². The summed E-state index contributed by atoms with van der Waals surface area (Å²) in [5.74, 6) is -2.43. The number of fused-ring (bicyclic) bond motifs is 1. The number of nitrogens with two attached hydrogens (primary N) is 1. The number of amides is 2. The molecule has 140 valence electrons. The first-order valence-corrected chi connectivity index (χ1v) is 9.41. The molecule has 3 N–H and O–H groups in total. The van der Waals surface area contributed by atoms with Gasteiger partial charge in [-0.15, -0.1) is 11.8 Å². The van der Waals surface area contributed by atoms with Gasteiger partial charge in [-0.1, -0.05) is 36.4 Å². The fourth-order valence-electron chi connectivity index (χ4n) is 3.14. The van der Waals surface area contributed by atoms with Crippen LogP contribution in [0.1, 0.15) is 34.3 Å². The fourth-order valence-corrected chi connectivity index (χ4v) is 4.07. The number of hydrogen-bond acceptors (Lipinski definition) is 4. The average molecular weight is 384 g/mol. The van der Waals surface area contributed by atoms with Gasteiger partial charge in [-0.05, 0) is 30.2 Å². The zero-order chi connectivity index (χ0) is 19.6. The molecule has 1 aliphatic rings. The first-order valence-electron chi connectivity index (χ1n) is 8.53. The van der Waals surface area contributed by atoms with Crippen molar-refractivity contribution in [2.24, 2.45) is 5.73 Å². The molecule has 27 heavy (non-hydrogen) atoms. The molecule has 0 saturated carbocycles. The van der Waals surface area contributed by atoms with E-state index in [0.29, 0.717) is 17.0 Å². The van der Waals surface area contributed by atoms with E-state index in [2.05, 4.69) is 0 Å². The van der Waals surface area contributed by atoms with Crippen molar-refractivity contribution in [1.82, 2.24) is 4.90 Å². The number of carbonyl (C=O) groups is 3. The summed E-state index contributed by atoms with van der Waals surface area (Å²) in [6.45, 7) is 2.14. The fraction of sp³-hybridized carbons (Fsp3) is 0.250. The smallest absolute Gasteiger partial charge is 0.312 e. The van der Waals surface area contributed by atoms with Crippen molar-refractivity contribution < 1.29 is 19.5 Å². The molecule has 2 amide bonds. The van der Waals surface area contributed by atoms with Crippen LogP contribution in [-0.4, -0.2) is 39.6 Å². The number of aliphatic carboxylic acids is 1. The van der Waals surface area contributed by atoms with Crippen molar-refractivity contribution >= 4 is 29.5 Å². The molecule has 0 bridgehead atoms. The summed E-state index contributed by atoms with van der Waals surface area (Å²) in [4.78, 5) is 38.5. The lowest BCUT2D eigenvalue weighted by atomic mass is 9.89. The topological polar surface area (TPSA) is 101 Å². The summed E-state index contributed by atoms with van der Waals surface area (Å²) in [6, 6.07) is 14.3. The first-order chi connectivity index (χ1) is 12.9. The van der Waals surface area contributed by atoms with E-state index in [1.54, 1.807) is 42.2 Å². The Morgan fingerprint density at radius 1 is 1.15 bits per heavy atom. The molecular weight excluding hydrogens is 364 g/mol. The summed E-state index contributed by atoms with van der Waals surface area (Å²) in [5.41, 5.74) is 7.36. The molecule has 6 nitrogen and oxygen atoms in total. The van der Waals surface area contributed by atoms with Crippen LogP contribution in [0.3, 0.4) is 0 Å². The molecule has 0 spiro atoms. The molecule has 3 rings (SSSR count). The molecular formula is C20H20N2O4S. The first kappa shape index (κ1) is 19.0. The highest BCUT2D eigenvalue weighted by Gasteiger charge is 2.33. The van der Waals surface area contributed by atoms with Gasteiger partial charge in [0.2, 0.25) is 5.91 Å². The highest BCUT2D eigenvalue weighted by Crippen LogP contribution is 2.32. The van der Waals surface area contributed by atoms with Gasteiger partial charge in [-0.2, -0.15) is 0 Å². The number of rotatable bonds is 5. The predicted octanol–water partition coefficient (Wildman–Crippen LogP) is 2.48. The summed E-state index contributed by atoms with van der Waals surface area (Å²) < 4.78 is 0. The van der Waals surface area contributed by atoms with Crippen molar-refractivity contribution in [1.29, 1.82) is 0 Å². The third-order valence-corrected chi connectivity index (χ3v) is 5.80. The predicted molar refractivity (Wildman–Crippen MR) is 103 cm³/mol. The van der Waals surface area contributed by atoms with Gasteiger partial charge in [0.1, 0.15) is 0 Å². The monoisotopic (exact) mass is 384 g/mol. The Balaban J connectivity index is 1.91. The second-order valence-corrected chi connectivity index (χ2v) is 7.82. The Morgan fingerprint density at radius 3 is 2.52 bits per heavy atom. The largest absolute Gasteiger partial charge is 0.481 e. The molecule has 2 aromatic rings. The Kier molecular flexibility index (Phi) is 5.51. The quantitative estimate of drug-likeness (QED) is 0.772. The third kappa shape index (κ3) is 3.98. The van der Waals surface area contributed by atoms with Crippen LogP contribution in [0.25, 0.3) is 0 Å². The number of thioether (sulfide) groups is 1. The molecule has 2 atom stereocenters. The van der Waals surface area contributed by atoms with E-state index in [1.807, 2.05) is 18.2 Å². The second-order valence-electron chi connectivity index (χ2n) is 6.43.